The normalized spacial score (nSPS) is 28.0. The maximum absolute atomic E-state index is 15.6. The van der Waals surface area contributed by atoms with E-state index in [4.69, 9.17) is 23.7 Å². The molecule has 1 amide bonds. The van der Waals surface area contributed by atoms with Gasteiger partial charge in [0.2, 0.25) is 6.10 Å². The van der Waals surface area contributed by atoms with E-state index in [1.807, 2.05) is 0 Å². The molecule has 0 radical (unpaired) electrons. The van der Waals surface area contributed by atoms with Gasteiger partial charge in [0.05, 0.1) is 42.4 Å². The molecule has 368 valence electrons. The average Bonchev–Trinajstić information content (AvgIpc) is 3.31. The number of ketones is 1. The Morgan fingerprint density at radius 1 is 0.797 bits per heavy atom. The van der Waals surface area contributed by atoms with Crippen LogP contribution in [0.4, 0.5) is 0 Å². The lowest BCUT2D eigenvalue weighted by atomic mass is 9.45. The van der Waals surface area contributed by atoms with Gasteiger partial charge < -0.3 is 49.4 Å². The second-order valence-corrected chi connectivity index (χ2v) is 18.5. The zero-order valence-electron chi connectivity index (χ0n) is 39.0. The van der Waals surface area contributed by atoms with E-state index in [0.29, 0.717) is 0 Å². The second kappa shape index (κ2) is 20.5. The predicted octanol–water partition coefficient (Wildman–Crippen LogP) is 4.14. The van der Waals surface area contributed by atoms with E-state index in [0.717, 1.165) is 13.8 Å². The number of Topliss-reactive ketones (excluding diaryl/α,β-unsaturated/α-hetero) is 1. The lowest BCUT2D eigenvalue weighted by Gasteiger charge is -2.63. The van der Waals surface area contributed by atoms with Crippen molar-refractivity contribution in [1.82, 2.24) is 5.32 Å². The van der Waals surface area contributed by atoms with Gasteiger partial charge in [0.15, 0.2) is 11.9 Å². The number of carbonyl (C=O) groups is 8. The minimum absolute atomic E-state index is 0.0204. The molecule has 0 aromatic heterocycles. The quantitative estimate of drug-likeness (QED) is 0.0813. The first-order valence-corrected chi connectivity index (χ1v) is 22.4. The molecule has 0 heterocycles. The van der Waals surface area contributed by atoms with Crippen LogP contribution in [0, 0.1) is 16.7 Å². The number of amides is 1. The van der Waals surface area contributed by atoms with Gasteiger partial charge in [-0.05, 0) is 67.7 Å². The molecule has 3 aromatic rings. The fourth-order valence-electron chi connectivity index (χ4n) is 10.4. The van der Waals surface area contributed by atoms with Crippen molar-refractivity contribution in [2.75, 3.05) is 6.61 Å². The van der Waals surface area contributed by atoms with E-state index >= 15 is 9.59 Å². The number of carboxylic acid groups (broad SMARTS) is 1. The third-order valence-corrected chi connectivity index (χ3v) is 13.9. The maximum Gasteiger partial charge on any atom is 0.350 e. The van der Waals surface area contributed by atoms with Gasteiger partial charge in [-0.1, -0.05) is 80.6 Å². The summed E-state index contributed by atoms with van der Waals surface area (Å²) in [6.07, 6.45) is -12.0. The number of nitrogens with one attached hydrogen (secondary N) is 1. The smallest absolute Gasteiger partial charge is 0.350 e. The molecule has 3 aliphatic rings. The summed E-state index contributed by atoms with van der Waals surface area (Å²) in [6, 6.07) is 21.8. The van der Waals surface area contributed by atoms with Crippen LogP contribution >= 0.6 is 0 Å². The van der Waals surface area contributed by atoms with Crippen molar-refractivity contribution in [3.63, 3.8) is 0 Å². The molecular formula is C51H57NO17. The van der Waals surface area contributed by atoms with Crippen LogP contribution in [0.15, 0.2) is 102 Å². The Balaban J connectivity index is 1.58. The number of aliphatic carboxylic acids is 1. The minimum atomic E-state index is -2.58. The summed E-state index contributed by atoms with van der Waals surface area (Å²) in [7, 11) is 0. The number of carboxylic acids is 1. The van der Waals surface area contributed by atoms with Gasteiger partial charge in [0, 0.05) is 31.2 Å². The van der Waals surface area contributed by atoms with E-state index in [1.54, 1.807) is 54.6 Å². The second-order valence-electron chi connectivity index (χ2n) is 18.5. The maximum atomic E-state index is 15.6. The van der Waals surface area contributed by atoms with Crippen molar-refractivity contribution in [2.24, 2.45) is 16.7 Å². The van der Waals surface area contributed by atoms with Crippen LogP contribution in [0.25, 0.3) is 0 Å². The highest BCUT2D eigenvalue weighted by Crippen LogP contribution is 2.62. The number of benzene rings is 3. The minimum Gasteiger partial charge on any atom is -0.481 e. The Bertz CT molecular complexity index is 2490. The standard InChI is InChI=1S/C51H57NO17/c1-28-34(66-47(63)41(67-37(59)23-22-36(57)58)39(31-16-10-7-11-17-31)52-45(61)32-18-12-8-13-19-32)26-51(64)44(68-46(62)33-20-14-9-15-21-33)42-49(6,35(56)24-25-50(42,27-53)69-30(3)55)43(60)40(65-29(2)54)38(28)48(51,4)5/h7-21,34-35,39-42,44,53,56,64H,22-27H2,1-6H3,(H,52,61)(H,57,58)/t34-,35-,39-,40+,41+,42-,44-,49+,50+,51+/m0/s1. The van der Waals surface area contributed by atoms with Gasteiger partial charge in [-0.25, -0.2) is 9.59 Å². The van der Waals surface area contributed by atoms with Crippen LogP contribution < -0.4 is 5.32 Å². The molecule has 2 bridgehead atoms. The fraction of sp³-hybridized carbons (Fsp3) is 0.451. The Labute approximate surface area is 397 Å². The molecule has 69 heavy (non-hydrogen) atoms. The van der Waals surface area contributed by atoms with Crippen LogP contribution in [0.5, 0.6) is 0 Å². The lowest BCUT2D eigenvalue weighted by Crippen LogP contribution is -2.76. The first-order valence-electron chi connectivity index (χ1n) is 22.4. The van der Waals surface area contributed by atoms with Crippen LogP contribution in [0.3, 0.4) is 0 Å². The highest BCUT2D eigenvalue weighted by Gasteiger charge is 2.74. The number of rotatable bonds is 15. The fourth-order valence-corrected chi connectivity index (χ4v) is 10.4. The van der Waals surface area contributed by atoms with Crippen molar-refractivity contribution < 1.29 is 82.5 Å². The van der Waals surface area contributed by atoms with Crippen LogP contribution in [-0.4, -0.2) is 116 Å². The van der Waals surface area contributed by atoms with E-state index in [2.05, 4.69) is 5.32 Å². The van der Waals surface area contributed by atoms with Gasteiger partial charge in [0.25, 0.3) is 5.91 Å². The Hall–Kier alpha value is -6.76. The number of esters is 5. The highest BCUT2D eigenvalue weighted by atomic mass is 16.6. The predicted molar refractivity (Wildman–Crippen MR) is 240 cm³/mol. The van der Waals surface area contributed by atoms with Gasteiger partial charge in [0.1, 0.15) is 29.5 Å². The van der Waals surface area contributed by atoms with Crippen molar-refractivity contribution in [1.29, 1.82) is 0 Å². The number of ether oxygens (including phenoxy) is 5. The van der Waals surface area contributed by atoms with E-state index in [-0.39, 0.29) is 40.7 Å². The number of hydrogen-bond donors (Lipinski definition) is 5. The number of carbonyl (C=O) groups excluding carboxylic acids is 7. The molecule has 3 aliphatic carbocycles. The topological polar surface area (TPSA) is 276 Å². The van der Waals surface area contributed by atoms with Crippen LogP contribution in [-0.2, 0) is 52.5 Å². The molecule has 2 fully saturated rings. The largest absolute Gasteiger partial charge is 0.481 e. The van der Waals surface area contributed by atoms with Crippen LogP contribution in [0.1, 0.15) is 106 Å². The monoisotopic (exact) mass is 955 g/mol. The van der Waals surface area contributed by atoms with Crippen molar-refractivity contribution in [3.8, 4) is 0 Å². The molecule has 0 saturated heterocycles. The Kier molecular flexibility index (Phi) is 15.3. The molecule has 10 atom stereocenters. The van der Waals surface area contributed by atoms with Crippen molar-refractivity contribution in [3.05, 3.63) is 119 Å². The van der Waals surface area contributed by atoms with Gasteiger partial charge in [-0.2, -0.15) is 0 Å². The van der Waals surface area contributed by atoms with E-state index < -0.39 is 138 Å². The van der Waals surface area contributed by atoms with Crippen molar-refractivity contribution in [2.45, 2.75) is 121 Å². The summed E-state index contributed by atoms with van der Waals surface area (Å²) in [4.78, 5) is 110. The van der Waals surface area contributed by atoms with Gasteiger partial charge in [-0.3, -0.25) is 28.8 Å². The summed E-state index contributed by atoms with van der Waals surface area (Å²) >= 11 is 0. The third kappa shape index (κ3) is 10.0. The molecule has 0 spiro atoms. The highest BCUT2D eigenvalue weighted by molar-refractivity contribution is 5.96. The summed E-state index contributed by atoms with van der Waals surface area (Å²) in [5, 5.41) is 49.3. The summed E-state index contributed by atoms with van der Waals surface area (Å²) in [5.41, 5.74) is -8.48. The SMILES string of the molecule is CC(=O)O[C@H]1C(=O)[C@@]2(C)[C@H]([C@H](OC(=O)c3ccccc3)[C@]3(O)C[C@H](OC(=O)[C@H](OC(=O)CCC(=O)O)[C@@H](NC(=O)c4ccccc4)c4ccccc4)C(C)=C1C3(C)C)[C@@](CO)(OC(C)=O)CC[C@@H]2O. The first kappa shape index (κ1) is 51.6. The van der Waals surface area contributed by atoms with Crippen molar-refractivity contribution >= 4 is 47.5 Å². The molecule has 0 aliphatic heterocycles. The lowest BCUT2D eigenvalue weighted by molar-refractivity contribution is -0.268. The zero-order valence-corrected chi connectivity index (χ0v) is 39.0. The molecule has 5 N–H and O–H groups in total. The number of aliphatic hydroxyl groups excluding tert-OH is 2. The zero-order chi connectivity index (χ0) is 50.6. The van der Waals surface area contributed by atoms with E-state index in [1.165, 1.54) is 64.1 Å². The first-order chi connectivity index (χ1) is 32.5. The van der Waals surface area contributed by atoms with Crippen LogP contribution in [0.2, 0.25) is 0 Å². The number of aliphatic hydroxyl groups is 3. The number of fused-ring (bicyclic) bond motifs is 3. The van der Waals surface area contributed by atoms with E-state index in [9.17, 15) is 49.2 Å². The molecule has 3 aromatic carbocycles. The molecule has 6 rings (SSSR count). The van der Waals surface area contributed by atoms with Gasteiger partial charge in [-0.15, -0.1) is 0 Å². The molecular weight excluding hydrogens is 899 g/mol. The molecule has 18 nitrogen and oxygen atoms in total. The summed E-state index contributed by atoms with van der Waals surface area (Å²) < 4.78 is 30.1. The number of hydrogen-bond acceptors (Lipinski definition) is 16. The average molecular weight is 956 g/mol. The molecule has 18 heteroatoms. The third-order valence-electron chi connectivity index (χ3n) is 13.9. The van der Waals surface area contributed by atoms with Gasteiger partial charge >= 0.3 is 35.8 Å². The Morgan fingerprint density at radius 2 is 1.38 bits per heavy atom. The molecule has 2 saturated carbocycles. The summed E-state index contributed by atoms with van der Waals surface area (Å²) in [5.74, 6) is -10.3. The molecule has 0 unspecified atom stereocenters. The summed E-state index contributed by atoms with van der Waals surface area (Å²) in [6.45, 7) is 6.75. The Morgan fingerprint density at radius 3 is 1.93 bits per heavy atom.